The summed E-state index contributed by atoms with van der Waals surface area (Å²) < 4.78 is 4.80. The number of carbonyl (C=O) groups is 2. The van der Waals surface area contributed by atoms with Crippen LogP contribution in [0.3, 0.4) is 0 Å². The van der Waals surface area contributed by atoms with Gasteiger partial charge in [0.25, 0.3) is 0 Å². The second-order valence-electron chi connectivity index (χ2n) is 5.35. The van der Waals surface area contributed by atoms with Crippen molar-refractivity contribution in [3.63, 3.8) is 0 Å². The molecule has 5 nitrogen and oxygen atoms in total. The van der Waals surface area contributed by atoms with Gasteiger partial charge in [-0.25, -0.2) is 4.79 Å². The third-order valence-corrected chi connectivity index (χ3v) is 4.99. The predicted octanol–water partition coefficient (Wildman–Crippen LogP) is 3.31. The van der Waals surface area contributed by atoms with Gasteiger partial charge >= 0.3 is 5.97 Å². The fourth-order valence-corrected chi connectivity index (χ4v) is 3.68. The number of hydrogen-bond donors (Lipinski definition) is 2. The zero-order chi connectivity index (χ0) is 15.6. The molecule has 0 saturated heterocycles. The van der Waals surface area contributed by atoms with E-state index < -0.39 is 5.97 Å². The summed E-state index contributed by atoms with van der Waals surface area (Å²) in [4.78, 5) is 24.3. The van der Waals surface area contributed by atoms with Crippen molar-refractivity contribution in [3.8, 4) is 0 Å². The highest BCUT2D eigenvalue weighted by Crippen LogP contribution is 2.43. The van der Waals surface area contributed by atoms with E-state index in [1.807, 2.05) is 0 Å². The number of carbonyl (C=O) groups excluding carboxylic acids is 2. The minimum absolute atomic E-state index is 0.0448. The molecule has 3 N–H and O–H groups in total. The molecule has 2 unspecified atom stereocenters. The highest BCUT2D eigenvalue weighted by atomic mass is 32.1. The first-order valence-corrected chi connectivity index (χ1v) is 8.15. The van der Waals surface area contributed by atoms with Gasteiger partial charge in [0.1, 0.15) is 10.6 Å². The average molecular weight is 310 g/mol. The zero-order valence-corrected chi connectivity index (χ0v) is 13.5. The van der Waals surface area contributed by atoms with E-state index in [0.717, 1.165) is 12.8 Å². The molecule has 2 rings (SSSR count). The SMILES string of the molecule is CCCC1CC1Nc1sc(C(=O)CC)c(N)c1C(=O)OC. The molecule has 0 aliphatic heterocycles. The van der Waals surface area contributed by atoms with Crippen molar-refractivity contribution in [2.75, 3.05) is 18.2 Å². The van der Waals surface area contributed by atoms with E-state index in [9.17, 15) is 9.59 Å². The Morgan fingerprint density at radius 2 is 2.14 bits per heavy atom. The van der Waals surface area contributed by atoms with Crippen LogP contribution in [0.25, 0.3) is 0 Å². The first-order chi connectivity index (χ1) is 10.0. The third-order valence-electron chi connectivity index (χ3n) is 3.81. The Morgan fingerprint density at radius 1 is 1.43 bits per heavy atom. The van der Waals surface area contributed by atoms with Gasteiger partial charge in [-0.05, 0) is 18.8 Å². The van der Waals surface area contributed by atoms with Crippen LogP contribution in [0.4, 0.5) is 10.7 Å². The molecule has 116 valence electrons. The van der Waals surface area contributed by atoms with E-state index >= 15 is 0 Å². The Balaban J connectivity index is 2.26. The van der Waals surface area contributed by atoms with Crippen molar-refractivity contribution < 1.29 is 14.3 Å². The summed E-state index contributed by atoms with van der Waals surface area (Å²) in [5.74, 6) is 0.111. The van der Waals surface area contributed by atoms with Gasteiger partial charge in [0.05, 0.1) is 17.7 Å². The van der Waals surface area contributed by atoms with Gasteiger partial charge in [-0.3, -0.25) is 4.79 Å². The lowest BCUT2D eigenvalue weighted by Crippen LogP contribution is -2.10. The molecular formula is C15H22N2O3S. The number of thiophene rings is 1. The molecule has 1 fully saturated rings. The maximum absolute atomic E-state index is 11.9. The number of rotatable bonds is 7. The van der Waals surface area contributed by atoms with Gasteiger partial charge in [0.2, 0.25) is 0 Å². The maximum atomic E-state index is 11.9. The van der Waals surface area contributed by atoms with Crippen molar-refractivity contribution >= 4 is 33.8 Å². The van der Waals surface area contributed by atoms with Gasteiger partial charge in [-0.15, -0.1) is 11.3 Å². The van der Waals surface area contributed by atoms with Crippen LogP contribution < -0.4 is 11.1 Å². The number of hydrogen-bond acceptors (Lipinski definition) is 6. The summed E-state index contributed by atoms with van der Waals surface area (Å²) in [6.07, 6.45) is 3.79. The number of ether oxygens (including phenoxy) is 1. The standard InChI is InChI=1S/C15H22N2O3S/c1-4-6-8-7-9(8)17-14-11(15(19)20-3)12(16)13(21-14)10(18)5-2/h8-9,17H,4-7,16H2,1-3H3. The second-order valence-corrected chi connectivity index (χ2v) is 6.37. The number of nitrogens with one attached hydrogen (secondary N) is 1. The van der Waals surface area contributed by atoms with Gasteiger partial charge in [-0.1, -0.05) is 20.3 Å². The van der Waals surface area contributed by atoms with Gasteiger partial charge in [0.15, 0.2) is 5.78 Å². The highest BCUT2D eigenvalue weighted by molar-refractivity contribution is 7.19. The van der Waals surface area contributed by atoms with E-state index in [1.165, 1.54) is 24.9 Å². The summed E-state index contributed by atoms with van der Waals surface area (Å²) in [5.41, 5.74) is 6.55. The van der Waals surface area contributed by atoms with Gasteiger partial charge in [-0.2, -0.15) is 0 Å². The number of esters is 1. The Morgan fingerprint density at radius 3 is 2.71 bits per heavy atom. The topological polar surface area (TPSA) is 81.4 Å². The van der Waals surface area contributed by atoms with Crippen molar-refractivity contribution in [2.24, 2.45) is 5.92 Å². The van der Waals surface area contributed by atoms with E-state index in [4.69, 9.17) is 10.5 Å². The second kappa shape index (κ2) is 6.47. The quantitative estimate of drug-likeness (QED) is 0.596. The molecule has 1 aromatic heterocycles. The molecule has 0 amide bonds. The fraction of sp³-hybridized carbons (Fsp3) is 0.600. The van der Waals surface area contributed by atoms with Crippen molar-refractivity contribution in [1.82, 2.24) is 0 Å². The molecule has 2 atom stereocenters. The maximum Gasteiger partial charge on any atom is 0.343 e. The van der Waals surface area contributed by atoms with E-state index in [2.05, 4.69) is 12.2 Å². The lowest BCUT2D eigenvalue weighted by atomic mass is 10.1. The van der Waals surface area contributed by atoms with Gasteiger partial charge < -0.3 is 15.8 Å². The Kier molecular flexibility index (Phi) is 4.88. The summed E-state index contributed by atoms with van der Waals surface area (Å²) in [7, 11) is 1.32. The van der Waals surface area contributed by atoms with E-state index in [0.29, 0.717) is 33.8 Å². The molecule has 1 aliphatic carbocycles. The molecule has 0 spiro atoms. The molecule has 6 heteroatoms. The fourth-order valence-electron chi connectivity index (χ4n) is 2.50. The van der Waals surface area contributed by atoms with Crippen LogP contribution >= 0.6 is 11.3 Å². The zero-order valence-electron chi connectivity index (χ0n) is 12.7. The van der Waals surface area contributed by atoms with Crippen molar-refractivity contribution in [3.05, 3.63) is 10.4 Å². The van der Waals surface area contributed by atoms with E-state index in [-0.39, 0.29) is 11.5 Å². The summed E-state index contributed by atoms with van der Waals surface area (Å²) in [6, 6.07) is 0.371. The largest absolute Gasteiger partial charge is 0.465 e. The lowest BCUT2D eigenvalue weighted by molar-refractivity contribution is 0.0603. The number of anilines is 2. The predicted molar refractivity (Wildman–Crippen MR) is 85.1 cm³/mol. The number of nitrogens with two attached hydrogens (primary N) is 1. The molecule has 0 bridgehead atoms. The van der Waals surface area contributed by atoms with Crippen LogP contribution in [0, 0.1) is 5.92 Å². The number of nitrogen functional groups attached to an aromatic ring is 1. The smallest absolute Gasteiger partial charge is 0.343 e. The lowest BCUT2D eigenvalue weighted by Gasteiger charge is -2.06. The van der Waals surface area contributed by atoms with Crippen LogP contribution in [-0.2, 0) is 4.74 Å². The average Bonchev–Trinajstić information content (AvgIpc) is 3.12. The van der Waals surface area contributed by atoms with Crippen molar-refractivity contribution in [1.29, 1.82) is 0 Å². The highest BCUT2D eigenvalue weighted by Gasteiger charge is 2.38. The Hall–Kier alpha value is -1.56. The van der Waals surface area contributed by atoms with Gasteiger partial charge in [0, 0.05) is 12.5 Å². The molecular weight excluding hydrogens is 288 g/mol. The minimum Gasteiger partial charge on any atom is -0.465 e. The molecule has 1 aliphatic rings. The van der Waals surface area contributed by atoms with Crippen LogP contribution in [0.1, 0.15) is 59.6 Å². The summed E-state index contributed by atoms with van der Waals surface area (Å²) >= 11 is 1.26. The van der Waals surface area contributed by atoms with Crippen molar-refractivity contribution in [2.45, 2.75) is 45.6 Å². The molecule has 1 aromatic rings. The molecule has 21 heavy (non-hydrogen) atoms. The number of methoxy groups -OCH3 is 1. The monoisotopic (exact) mass is 310 g/mol. The molecule has 1 heterocycles. The van der Waals surface area contributed by atoms with Crippen LogP contribution in [-0.4, -0.2) is 24.9 Å². The van der Waals surface area contributed by atoms with Crippen LogP contribution in [0.15, 0.2) is 0 Å². The molecule has 0 radical (unpaired) electrons. The minimum atomic E-state index is -0.492. The first-order valence-electron chi connectivity index (χ1n) is 7.33. The molecule has 1 saturated carbocycles. The number of Topliss-reactive ketones (excluding diaryl/α,β-unsaturated/α-hetero) is 1. The summed E-state index contributed by atoms with van der Waals surface area (Å²) in [6.45, 7) is 3.95. The normalized spacial score (nSPS) is 20.1. The van der Waals surface area contributed by atoms with Crippen LogP contribution in [0.5, 0.6) is 0 Å². The number of ketones is 1. The Bertz CT molecular complexity index is 553. The Labute approximate surface area is 128 Å². The molecule has 0 aromatic carbocycles. The first kappa shape index (κ1) is 15.8. The summed E-state index contributed by atoms with van der Waals surface area (Å²) in [5, 5.41) is 4.03. The van der Waals surface area contributed by atoms with Crippen LogP contribution in [0.2, 0.25) is 0 Å². The van der Waals surface area contributed by atoms with E-state index in [1.54, 1.807) is 6.92 Å². The third kappa shape index (κ3) is 3.20.